The first-order valence-electron chi connectivity index (χ1n) is 8.90. The third kappa shape index (κ3) is 6.16. The molecule has 0 amide bonds. The van der Waals surface area contributed by atoms with E-state index >= 15 is 0 Å². The highest BCUT2D eigenvalue weighted by molar-refractivity contribution is 5.77. The van der Waals surface area contributed by atoms with Crippen LogP contribution in [0.3, 0.4) is 0 Å². The molecule has 3 N–H and O–H groups in total. The number of nitrogens with one attached hydrogen (secondary N) is 1. The second-order valence-electron chi connectivity index (χ2n) is 6.20. The van der Waals surface area contributed by atoms with Crippen LogP contribution in [-0.4, -0.2) is 29.2 Å². The molecular weight excluding hydrogens is 399 g/mol. The molecule has 0 aliphatic rings. The van der Waals surface area contributed by atoms with Crippen molar-refractivity contribution in [3.63, 3.8) is 0 Å². The van der Waals surface area contributed by atoms with Crippen LogP contribution < -0.4 is 20.5 Å². The van der Waals surface area contributed by atoms with E-state index < -0.39 is 6.36 Å². The highest BCUT2D eigenvalue weighted by Gasteiger charge is 2.30. The summed E-state index contributed by atoms with van der Waals surface area (Å²) in [5, 5.41) is 7.42. The Morgan fingerprint density at radius 2 is 1.73 bits per heavy atom. The second-order valence-corrected chi connectivity index (χ2v) is 6.20. The summed E-state index contributed by atoms with van der Waals surface area (Å²) in [7, 11) is 1.61. The smallest absolute Gasteiger partial charge is 0.497 e. The van der Waals surface area contributed by atoms with Gasteiger partial charge in [0.25, 0.3) is 0 Å². The van der Waals surface area contributed by atoms with Crippen molar-refractivity contribution in [2.75, 3.05) is 7.11 Å². The molecule has 1 heterocycles. The van der Waals surface area contributed by atoms with Crippen LogP contribution in [0.1, 0.15) is 11.3 Å². The molecule has 7 nitrogen and oxygen atoms in total. The fourth-order valence-corrected chi connectivity index (χ4v) is 2.54. The van der Waals surface area contributed by atoms with E-state index in [0.29, 0.717) is 12.1 Å². The zero-order valence-electron chi connectivity index (χ0n) is 16.1. The van der Waals surface area contributed by atoms with Gasteiger partial charge in [-0.05, 0) is 48.0 Å². The largest absolute Gasteiger partial charge is 0.573 e. The summed E-state index contributed by atoms with van der Waals surface area (Å²) < 4.78 is 47.2. The quantitative estimate of drug-likeness (QED) is 0.453. The second kappa shape index (κ2) is 9.21. The number of benzene rings is 2. The number of nitrogens with zero attached hydrogens (tertiary/aromatic N) is 3. The topological polar surface area (TPSA) is 86.7 Å². The molecule has 2 aromatic carbocycles. The zero-order chi connectivity index (χ0) is 21.6. The molecule has 0 fully saturated rings. The van der Waals surface area contributed by atoms with E-state index in [0.717, 1.165) is 17.1 Å². The van der Waals surface area contributed by atoms with E-state index in [4.69, 9.17) is 10.5 Å². The Morgan fingerprint density at radius 3 is 2.37 bits per heavy atom. The SMILES string of the molecule is COc1ccc(-n2ccc(CNC(N)=NCc3ccc(OC(F)(F)F)cc3)n2)cc1. The Morgan fingerprint density at radius 1 is 1.07 bits per heavy atom. The average molecular weight is 419 g/mol. The summed E-state index contributed by atoms with van der Waals surface area (Å²) in [6.07, 6.45) is -2.88. The van der Waals surface area contributed by atoms with Gasteiger partial charge in [-0.1, -0.05) is 12.1 Å². The molecule has 0 saturated carbocycles. The minimum atomic E-state index is -4.71. The first-order valence-corrected chi connectivity index (χ1v) is 8.90. The van der Waals surface area contributed by atoms with Crippen LogP contribution in [0.4, 0.5) is 13.2 Å². The maximum Gasteiger partial charge on any atom is 0.573 e. The van der Waals surface area contributed by atoms with E-state index in [2.05, 4.69) is 20.1 Å². The van der Waals surface area contributed by atoms with Gasteiger partial charge in [-0.3, -0.25) is 0 Å². The number of ether oxygens (including phenoxy) is 2. The first-order chi connectivity index (χ1) is 14.3. The maximum atomic E-state index is 12.2. The van der Waals surface area contributed by atoms with E-state index in [9.17, 15) is 13.2 Å². The van der Waals surface area contributed by atoms with Crippen molar-refractivity contribution in [3.05, 3.63) is 72.1 Å². The minimum absolute atomic E-state index is 0.199. The molecule has 30 heavy (non-hydrogen) atoms. The first kappa shape index (κ1) is 21.0. The Hall–Kier alpha value is -3.69. The molecule has 1 aromatic heterocycles. The number of hydrogen-bond donors (Lipinski definition) is 2. The number of alkyl halides is 3. The van der Waals surface area contributed by atoms with Gasteiger partial charge < -0.3 is 20.5 Å². The van der Waals surface area contributed by atoms with Gasteiger partial charge in [-0.2, -0.15) is 5.10 Å². The monoisotopic (exact) mass is 419 g/mol. The summed E-state index contributed by atoms with van der Waals surface area (Å²) in [4.78, 5) is 4.17. The summed E-state index contributed by atoms with van der Waals surface area (Å²) in [5.41, 5.74) is 8.19. The molecule has 0 aliphatic carbocycles. The summed E-state index contributed by atoms with van der Waals surface area (Å²) >= 11 is 0. The summed E-state index contributed by atoms with van der Waals surface area (Å²) in [6.45, 7) is 0.586. The Labute approximate surface area is 170 Å². The number of hydrogen-bond acceptors (Lipinski definition) is 4. The van der Waals surface area contributed by atoms with Crippen LogP contribution in [0.25, 0.3) is 5.69 Å². The normalized spacial score (nSPS) is 11.9. The van der Waals surface area contributed by atoms with Crippen LogP contribution in [0.2, 0.25) is 0 Å². The van der Waals surface area contributed by atoms with Crippen molar-refractivity contribution in [3.8, 4) is 17.2 Å². The lowest BCUT2D eigenvalue weighted by atomic mass is 10.2. The molecule has 3 aromatic rings. The van der Waals surface area contributed by atoms with Crippen LogP contribution in [-0.2, 0) is 13.1 Å². The molecule has 0 saturated heterocycles. The van der Waals surface area contributed by atoms with E-state index in [-0.39, 0.29) is 18.3 Å². The molecule has 0 unspecified atom stereocenters. The molecule has 3 rings (SSSR count). The van der Waals surface area contributed by atoms with Gasteiger partial charge >= 0.3 is 6.36 Å². The number of aromatic nitrogens is 2. The van der Waals surface area contributed by atoms with Gasteiger partial charge in [0.15, 0.2) is 5.96 Å². The number of halogens is 3. The molecule has 0 aliphatic heterocycles. The number of nitrogens with two attached hydrogens (primary N) is 1. The third-order valence-electron chi connectivity index (χ3n) is 4.02. The number of aliphatic imine (C=N–C) groups is 1. The van der Waals surface area contributed by atoms with Crippen molar-refractivity contribution in [1.29, 1.82) is 0 Å². The maximum absolute atomic E-state index is 12.2. The number of guanidine groups is 1. The molecule has 0 spiro atoms. The molecular formula is C20H20F3N5O2. The van der Waals surface area contributed by atoms with Crippen molar-refractivity contribution in [1.82, 2.24) is 15.1 Å². The van der Waals surface area contributed by atoms with Gasteiger partial charge in [0, 0.05) is 6.20 Å². The predicted molar refractivity (Wildman–Crippen MR) is 105 cm³/mol. The van der Waals surface area contributed by atoms with Crippen molar-refractivity contribution < 1.29 is 22.6 Å². The van der Waals surface area contributed by atoms with Crippen molar-refractivity contribution in [2.24, 2.45) is 10.7 Å². The molecule has 0 radical (unpaired) electrons. The van der Waals surface area contributed by atoms with Gasteiger partial charge in [-0.25, -0.2) is 9.67 Å². The van der Waals surface area contributed by atoms with Gasteiger partial charge in [-0.15, -0.1) is 13.2 Å². The Kier molecular flexibility index (Phi) is 6.45. The van der Waals surface area contributed by atoms with Crippen molar-refractivity contribution >= 4 is 5.96 Å². The van der Waals surface area contributed by atoms with Gasteiger partial charge in [0.05, 0.1) is 31.6 Å². The Balaban J connectivity index is 1.51. The predicted octanol–water partition coefficient (Wildman–Crippen LogP) is 3.38. The van der Waals surface area contributed by atoms with Crippen LogP contribution >= 0.6 is 0 Å². The molecule has 0 bridgehead atoms. The van der Waals surface area contributed by atoms with Crippen LogP contribution in [0.5, 0.6) is 11.5 Å². The molecule has 0 atom stereocenters. The highest BCUT2D eigenvalue weighted by atomic mass is 19.4. The Bertz CT molecular complexity index is 983. The number of rotatable bonds is 7. The fraction of sp³-hybridized carbons (Fsp3) is 0.200. The number of methoxy groups -OCH3 is 1. The lowest BCUT2D eigenvalue weighted by Crippen LogP contribution is -2.31. The van der Waals surface area contributed by atoms with Gasteiger partial charge in [0.1, 0.15) is 11.5 Å². The third-order valence-corrected chi connectivity index (χ3v) is 4.02. The zero-order valence-corrected chi connectivity index (χ0v) is 16.1. The van der Waals surface area contributed by atoms with Gasteiger partial charge in [0.2, 0.25) is 0 Å². The van der Waals surface area contributed by atoms with E-state index in [1.807, 2.05) is 36.5 Å². The van der Waals surface area contributed by atoms with E-state index in [1.165, 1.54) is 24.3 Å². The van der Waals surface area contributed by atoms with Crippen molar-refractivity contribution in [2.45, 2.75) is 19.5 Å². The summed E-state index contributed by atoms with van der Waals surface area (Å²) in [5.74, 6) is 0.678. The average Bonchev–Trinajstić information content (AvgIpc) is 3.20. The lowest BCUT2D eigenvalue weighted by Gasteiger charge is -2.09. The molecule has 10 heteroatoms. The summed E-state index contributed by atoms with van der Waals surface area (Å²) in [6, 6.07) is 14.8. The fourth-order valence-electron chi connectivity index (χ4n) is 2.54. The lowest BCUT2D eigenvalue weighted by molar-refractivity contribution is -0.274. The minimum Gasteiger partial charge on any atom is -0.497 e. The molecule has 158 valence electrons. The standard InChI is InChI=1S/C20H20F3N5O2/c1-29-17-8-4-16(5-9-17)28-11-10-15(27-28)13-26-19(24)25-12-14-2-6-18(7-3-14)30-20(21,22)23/h2-11H,12-13H2,1H3,(H3,24,25,26). The van der Waals surface area contributed by atoms with E-state index in [1.54, 1.807) is 11.8 Å². The van der Waals surface area contributed by atoms with Crippen LogP contribution in [0, 0.1) is 0 Å². The highest BCUT2D eigenvalue weighted by Crippen LogP contribution is 2.22. The van der Waals surface area contributed by atoms with Crippen LogP contribution in [0.15, 0.2) is 65.8 Å².